The van der Waals surface area contributed by atoms with Gasteiger partial charge in [0.1, 0.15) is 24.0 Å². The van der Waals surface area contributed by atoms with Gasteiger partial charge in [0.05, 0.1) is 11.1 Å². The van der Waals surface area contributed by atoms with Gasteiger partial charge in [0, 0.05) is 22.9 Å². The van der Waals surface area contributed by atoms with Gasteiger partial charge in [0.2, 0.25) is 5.69 Å². The highest BCUT2D eigenvalue weighted by atomic mass is 19.1. The van der Waals surface area contributed by atoms with Crippen molar-refractivity contribution in [3.63, 3.8) is 0 Å². The number of nitrogens with zero attached hydrogens (tertiary/aromatic N) is 1. The second-order valence-corrected chi connectivity index (χ2v) is 9.03. The molecule has 0 fully saturated rings. The van der Waals surface area contributed by atoms with Gasteiger partial charge in [-0.25, -0.2) is 8.96 Å². The van der Waals surface area contributed by atoms with Crippen LogP contribution in [0.1, 0.15) is 25.0 Å². The summed E-state index contributed by atoms with van der Waals surface area (Å²) in [7, 11) is 2.03. The molecule has 0 N–H and O–H groups in total. The van der Waals surface area contributed by atoms with Crippen molar-refractivity contribution in [2.45, 2.75) is 27.2 Å². The van der Waals surface area contributed by atoms with Crippen LogP contribution in [-0.4, -0.2) is 0 Å². The molecule has 0 aliphatic carbocycles. The number of rotatable bonds is 4. The molecule has 5 rings (SSSR count). The van der Waals surface area contributed by atoms with Gasteiger partial charge in [-0.05, 0) is 54.2 Å². The van der Waals surface area contributed by atoms with E-state index in [9.17, 15) is 0 Å². The summed E-state index contributed by atoms with van der Waals surface area (Å²) in [6, 6.07) is 21.9. The number of benzene rings is 3. The summed E-state index contributed by atoms with van der Waals surface area (Å²) in [6.07, 6.45) is 3.04. The SMILES string of the molecule is Cc1ccc2c(oc3c(-c4ccc(CC(C)C)cc4)c(F)ccc32)c1-c1cccc[n+]1C. The molecule has 0 atom stereocenters. The molecule has 0 aliphatic rings. The second kappa shape index (κ2) is 7.90. The summed E-state index contributed by atoms with van der Waals surface area (Å²) in [4.78, 5) is 0. The Labute approximate surface area is 187 Å². The third-order valence-corrected chi connectivity index (χ3v) is 6.16. The first-order valence-electron chi connectivity index (χ1n) is 11.1. The van der Waals surface area contributed by atoms with E-state index in [0.29, 0.717) is 17.1 Å². The fraction of sp³-hybridized carbons (Fsp3) is 0.207. The number of hydrogen-bond acceptors (Lipinski definition) is 1. The Bertz CT molecular complexity index is 1440. The maximum atomic E-state index is 15.1. The number of aromatic nitrogens is 1. The maximum absolute atomic E-state index is 15.1. The van der Waals surface area contributed by atoms with E-state index in [1.54, 1.807) is 6.07 Å². The van der Waals surface area contributed by atoms with Gasteiger partial charge in [0.15, 0.2) is 6.20 Å². The van der Waals surface area contributed by atoms with E-state index in [1.807, 2.05) is 43.6 Å². The summed E-state index contributed by atoms with van der Waals surface area (Å²) >= 11 is 0. The second-order valence-electron chi connectivity index (χ2n) is 9.03. The van der Waals surface area contributed by atoms with E-state index in [2.05, 4.69) is 55.7 Å². The number of furan rings is 1. The van der Waals surface area contributed by atoms with Crippen LogP contribution < -0.4 is 4.57 Å². The van der Waals surface area contributed by atoms with Crippen LogP contribution in [0.3, 0.4) is 0 Å². The van der Waals surface area contributed by atoms with E-state index in [0.717, 1.165) is 45.2 Å². The molecule has 0 saturated heterocycles. The molecular weight excluding hydrogens is 397 g/mol. The van der Waals surface area contributed by atoms with Crippen molar-refractivity contribution in [1.82, 2.24) is 0 Å². The van der Waals surface area contributed by atoms with Crippen molar-refractivity contribution in [2.75, 3.05) is 0 Å². The van der Waals surface area contributed by atoms with Gasteiger partial charge < -0.3 is 4.42 Å². The summed E-state index contributed by atoms with van der Waals surface area (Å²) in [5.41, 5.74) is 7.25. The zero-order valence-electron chi connectivity index (χ0n) is 18.9. The minimum Gasteiger partial charge on any atom is -0.454 e. The van der Waals surface area contributed by atoms with Crippen molar-refractivity contribution in [3.8, 4) is 22.4 Å². The number of hydrogen-bond donors (Lipinski definition) is 0. The lowest BCUT2D eigenvalue weighted by Gasteiger charge is -2.08. The molecule has 3 aromatic carbocycles. The molecule has 0 saturated carbocycles. The van der Waals surface area contributed by atoms with E-state index in [1.165, 1.54) is 5.56 Å². The maximum Gasteiger partial charge on any atom is 0.216 e. The lowest BCUT2D eigenvalue weighted by Crippen LogP contribution is -2.30. The molecule has 3 heteroatoms. The van der Waals surface area contributed by atoms with E-state index < -0.39 is 0 Å². The molecule has 0 amide bonds. The van der Waals surface area contributed by atoms with Gasteiger partial charge in [-0.1, -0.05) is 50.2 Å². The standard InChI is InChI=1S/C29H27FNO/c1-18(2)17-20-9-11-21(12-10-20)27-24(30)15-14-23-22-13-8-19(3)26(28(22)32-29(23)27)25-7-5-6-16-31(25)4/h5-16,18H,17H2,1-4H3/q+1. The van der Waals surface area contributed by atoms with Crippen LogP contribution in [0.15, 0.2) is 77.3 Å². The molecule has 0 bridgehead atoms. The molecule has 160 valence electrons. The number of aryl methyl sites for hydroxylation is 2. The van der Waals surface area contributed by atoms with Crippen LogP contribution in [0.2, 0.25) is 0 Å². The summed E-state index contributed by atoms with van der Waals surface area (Å²) in [5.74, 6) is 0.314. The smallest absolute Gasteiger partial charge is 0.216 e. The highest BCUT2D eigenvalue weighted by Crippen LogP contribution is 2.41. The Hall–Kier alpha value is -3.46. The third-order valence-electron chi connectivity index (χ3n) is 6.16. The average molecular weight is 425 g/mol. The Morgan fingerprint density at radius 1 is 0.844 bits per heavy atom. The molecule has 2 aromatic heterocycles. The third kappa shape index (κ3) is 3.38. The Balaban J connectivity index is 1.77. The molecule has 0 unspecified atom stereocenters. The van der Waals surface area contributed by atoms with Gasteiger partial charge >= 0.3 is 0 Å². The predicted octanol–water partition coefficient (Wildman–Crippen LogP) is 7.39. The Morgan fingerprint density at radius 2 is 1.53 bits per heavy atom. The molecule has 0 spiro atoms. The van der Waals surface area contributed by atoms with Crippen molar-refractivity contribution in [2.24, 2.45) is 13.0 Å². The molecule has 5 aromatic rings. The zero-order valence-corrected chi connectivity index (χ0v) is 18.9. The predicted molar refractivity (Wildman–Crippen MR) is 129 cm³/mol. The van der Waals surface area contributed by atoms with Crippen molar-refractivity contribution in [1.29, 1.82) is 0 Å². The van der Waals surface area contributed by atoms with Gasteiger partial charge in [-0.2, -0.15) is 0 Å². The van der Waals surface area contributed by atoms with Crippen LogP contribution in [0, 0.1) is 18.7 Å². The zero-order chi connectivity index (χ0) is 22.4. The summed E-state index contributed by atoms with van der Waals surface area (Å²) < 4.78 is 23.7. The van der Waals surface area contributed by atoms with Crippen LogP contribution in [0.25, 0.3) is 44.3 Å². The number of halogens is 1. The normalized spacial score (nSPS) is 11.7. The number of pyridine rings is 1. The van der Waals surface area contributed by atoms with E-state index in [-0.39, 0.29) is 5.82 Å². The molecule has 32 heavy (non-hydrogen) atoms. The van der Waals surface area contributed by atoms with Crippen LogP contribution in [0.4, 0.5) is 4.39 Å². The van der Waals surface area contributed by atoms with Gasteiger partial charge in [-0.15, -0.1) is 0 Å². The molecule has 0 aliphatic heterocycles. The molecule has 2 nitrogen and oxygen atoms in total. The first-order valence-corrected chi connectivity index (χ1v) is 11.1. The van der Waals surface area contributed by atoms with Gasteiger partial charge in [0.25, 0.3) is 0 Å². The fourth-order valence-corrected chi connectivity index (χ4v) is 4.63. The van der Waals surface area contributed by atoms with Crippen LogP contribution in [0.5, 0.6) is 0 Å². The molecule has 0 radical (unpaired) electrons. The number of fused-ring (bicyclic) bond motifs is 3. The summed E-state index contributed by atoms with van der Waals surface area (Å²) in [6.45, 7) is 6.49. The highest BCUT2D eigenvalue weighted by Gasteiger charge is 2.22. The highest BCUT2D eigenvalue weighted by molar-refractivity contribution is 6.13. The quantitative estimate of drug-likeness (QED) is 0.275. The minimum atomic E-state index is -0.267. The van der Waals surface area contributed by atoms with E-state index >= 15 is 4.39 Å². The molecule has 2 heterocycles. The van der Waals surface area contributed by atoms with Crippen LogP contribution in [-0.2, 0) is 13.5 Å². The first kappa shape index (κ1) is 20.4. The lowest BCUT2D eigenvalue weighted by atomic mass is 9.97. The van der Waals surface area contributed by atoms with Crippen molar-refractivity contribution >= 4 is 21.9 Å². The lowest BCUT2D eigenvalue weighted by molar-refractivity contribution is -0.660. The first-order chi connectivity index (χ1) is 15.4. The van der Waals surface area contributed by atoms with E-state index in [4.69, 9.17) is 4.42 Å². The fourth-order valence-electron chi connectivity index (χ4n) is 4.63. The van der Waals surface area contributed by atoms with Crippen LogP contribution >= 0.6 is 0 Å². The average Bonchev–Trinajstić information content (AvgIpc) is 3.13. The minimum absolute atomic E-state index is 0.267. The summed E-state index contributed by atoms with van der Waals surface area (Å²) in [5, 5.41) is 1.93. The Morgan fingerprint density at radius 3 is 2.22 bits per heavy atom. The van der Waals surface area contributed by atoms with Crippen molar-refractivity contribution in [3.05, 3.63) is 89.9 Å². The molecular formula is C29H27FNO+. The monoisotopic (exact) mass is 424 g/mol. The Kier molecular flexibility index (Phi) is 5.05. The largest absolute Gasteiger partial charge is 0.454 e. The van der Waals surface area contributed by atoms with Gasteiger partial charge in [-0.3, -0.25) is 0 Å². The van der Waals surface area contributed by atoms with Crippen molar-refractivity contribution < 1.29 is 13.4 Å². The topological polar surface area (TPSA) is 17.0 Å².